The van der Waals surface area contributed by atoms with E-state index in [1.165, 1.54) is 11.1 Å². The van der Waals surface area contributed by atoms with Crippen LogP contribution >= 0.6 is 11.6 Å². The van der Waals surface area contributed by atoms with E-state index in [9.17, 15) is 0 Å². The van der Waals surface area contributed by atoms with E-state index >= 15 is 0 Å². The number of hydrogen-bond acceptors (Lipinski definition) is 2. The van der Waals surface area contributed by atoms with Gasteiger partial charge in [0.2, 0.25) is 0 Å². The van der Waals surface area contributed by atoms with Crippen molar-refractivity contribution in [3.63, 3.8) is 0 Å². The SMILES string of the molecule is COc1ccc(C(Cc2ccccc2)Nc2ccc(Cl)cc2)cc1. The number of ether oxygens (including phenoxy) is 1. The first-order valence-electron chi connectivity index (χ1n) is 7.94. The Morgan fingerprint density at radius 2 is 1.54 bits per heavy atom. The fourth-order valence-electron chi connectivity index (χ4n) is 2.69. The minimum absolute atomic E-state index is 0.166. The molecule has 0 aromatic heterocycles. The quantitative estimate of drug-likeness (QED) is 0.618. The molecule has 0 aliphatic rings. The van der Waals surface area contributed by atoms with Crippen molar-refractivity contribution >= 4 is 17.3 Å². The van der Waals surface area contributed by atoms with E-state index in [-0.39, 0.29) is 6.04 Å². The first kappa shape index (κ1) is 16.4. The van der Waals surface area contributed by atoms with E-state index in [0.717, 1.165) is 22.9 Å². The van der Waals surface area contributed by atoms with Gasteiger partial charge in [-0.2, -0.15) is 0 Å². The van der Waals surface area contributed by atoms with Gasteiger partial charge in [0.05, 0.1) is 13.2 Å². The molecule has 0 amide bonds. The zero-order valence-electron chi connectivity index (χ0n) is 13.6. The summed E-state index contributed by atoms with van der Waals surface area (Å²) in [5.74, 6) is 0.865. The second kappa shape index (κ2) is 7.89. The van der Waals surface area contributed by atoms with Crippen molar-refractivity contribution in [3.8, 4) is 5.75 Å². The second-order valence-electron chi connectivity index (χ2n) is 5.67. The average Bonchev–Trinajstić information content (AvgIpc) is 2.64. The molecule has 3 rings (SSSR count). The molecule has 1 atom stereocenters. The van der Waals surface area contributed by atoms with Crippen LogP contribution in [0.2, 0.25) is 5.02 Å². The minimum Gasteiger partial charge on any atom is -0.497 e. The van der Waals surface area contributed by atoms with Crippen molar-refractivity contribution in [2.75, 3.05) is 12.4 Å². The highest BCUT2D eigenvalue weighted by Crippen LogP contribution is 2.26. The number of nitrogens with one attached hydrogen (secondary N) is 1. The molecular formula is C21H20ClNO. The lowest BCUT2D eigenvalue weighted by Gasteiger charge is -2.21. The molecule has 0 fully saturated rings. The van der Waals surface area contributed by atoms with Gasteiger partial charge in [0.25, 0.3) is 0 Å². The molecule has 3 aromatic carbocycles. The Balaban J connectivity index is 1.85. The summed E-state index contributed by atoms with van der Waals surface area (Å²) in [7, 11) is 1.68. The zero-order valence-corrected chi connectivity index (χ0v) is 14.3. The van der Waals surface area contributed by atoms with Gasteiger partial charge in [-0.1, -0.05) is 54.1 Å². The van der Waals surface area contributed by atoms with Crippen molar-refractivity contribution in [2.24, 2.45) is 0 Å². The molecule has 0 heterocycles. The van der Waals surface area contributed by atoms with Crippen LogP contribution in [0.15, 0.2) is 78.9 Å². The van der Waals surface area contributed by atoms with E-state index in [1.54, 1.807) is 7.11 Å². The van der Waals surface area contributed by atoms with Gasteiger partial charge in [-0.3, -0.25) is 0 Å². The topological polar surface area (TPSA) is 21.3 Å². The van der Waals surface area contributed by atoms with E-state index in [0.29, 0.717) is 0 Å². The summed E-state index contributed by atoms with van der Waals surface area (Å²) in [5.41, 5.74) is 3.56. The van der Waals surface area contributed by atoms with Crippen LogP contribution in [0, 0.1) is 0 Å². The van der Waals surface area contributed by atoms with Gasteiger partial charge in [0.15, 0.2) is 0 Å². The van der Waals surface area contributed by atoms with Crippen molar-refractivity contribution in [3.05, 3.63) is 95.0 Å². The number of rotatable bonds is 6. The molecule has 0 saturated carbocycles. The lowest BCUT2D eigenvalue weighted by atomic mass is 9.98. The number of methoxy groups -OCH3 is 1. The lowest BCUT2D eigenvalue weighted by Crippen LogP contribution is -2.13. The van der Waals surface area contributed by atoms with Crippen molar-refractivity contribution in [1.82, 2.24) is 0 Å². The molecule has 0 bridgehead atoms. The maximum atomic E-state index is 5.99. The van der Waals surface area contributed by atoms with Gasteiger partial charge in [-0.15, -0.1) is 0 Å². The Bertz CT molecular complexity index is 754. The Morgan fingerprint density at radius 3 is 2.17 bits per heavy atom. The highest BCUT2D eigenvalue weighted by Gasteiger charge is 2.12. The number of anilines is 1. The predicted molar refractivity (Wildman–Crippen MR) is 101 cm³/mol. The molecule has 3 aromatic rings. The van der Waals surface area contributed by atoms with Crippen molar-refractivity contribution < 1.29 is 4.74 Å². The Kier molecular flexibility index (Phi) is 5.39. The van der Waals surface area contributed by atoms with Crippen LogP contribution in [0.3, 0.4) is 0 Å². The summed E-state index contributed by atoms with van der Waals surface area (Å²) in [6.07, 6.45) is 0.899. The summed E-state index contributed by atoms with van der Waals surface area (Å²) < 4.78 is 5.26. The van der Waals surface area contributed by atoms with Crippen LogP contribution in [0.25, 0.3) is 0 Å². The molecule has 3 heteroatoms. The fourth-order valence-corrected chi connectivity index (χ4v) is 2.81. The van der Waals surface area contributed by atoms with Crippen LogP contribution in [0.4, 0.5) is 5.69 Å². The van der Waals surface area contributed by atoms with Crippen molar-refractivity contribution in [2.45, 2.75) is 12.5 Å². The predicted octanol–water partition coefficient (Wildman–Crippen LogP) is 5.74. The summed E-state index contributed by atoms with van der Waals surface area (Å²) in [4.78, 5) is 0. The first-order valence-corrected chi connectivity index (χ1v) is 8.32. The fraction of sp³-hybridized carbons (Fsp3) is 0.143. The molecule has 0 saturated heterocycles. The largest absolute Gasteiger partial charge is 0.497 e. The van der Waals surface area contributed by atoms with Gasteiger partial charge >= 0.3 is 0 Å². The number of halogens is 1. The van der Waals surface area contributed by atoms with Crippen LogP contribution in [-0.2, 0) is 6.42 Å². The summed E-state index contributed by atoms with van der Waals surface area (Å²) >= 11 is 5.99. The number of benzene rings is 3. The van der Waals surface area contributed by atoms with Crippen LogP contribution < -0.4 is 10.1 Å². The third kappa shape index (κ3) is 4.30. The molecular weight excluding hydrogens is 318 g/mol. The second-order valence-corrected chi connectivity index (χ2v) is 6.10. The normalized spacial score (nSPS) is 11.8. The van der Waals surface area contributed by atoms with Gasteiger partial charge < -0.3 is 10.1 Å². The van der Waals surface area contributed by atoms with Gasteiger partial charge in [-0.05, 0) is 53.9 Å². The maximum absolute atomic E-state index is 5.99. The molecule has 122 valence electrons. The van der Waals surface area contributed by atoms with Crippen LogP contribution in [0.1, 0.15) is 17.2 Å². The Hall–Kier alpha value is -2.45. The van der Waals surface area contributed by atoms with Crippen LogP contribution in [0.5, 0.6) is 5.75 Å². The van der Waals surface area contributed by atoms with Crippen LogP contribution in [-0.4, -0.2) is 7.11 Å². The molecule has 2 nitrogen and oxygen atoms in total. The van der Waals surface area contributed by atoms with E-state index < -0.39 is 0 Å². The van der Waals surface area contributed by atoms with Gasteiger partial charge in [0, 0.05) is 10.7 Å². The third-order valence-electron chi connectivity index (χ3n) is 3.99. The Morgan fingerprint density at radius 1 is 0.875 bits per heavy atom. The molecule has 1 unspecified atom stereocenters. The third-order valence-corrected chi connectivity index (χ3v) is 4.24. The highest BCUT2D eigenvalue weighted by atomic mass is 35.5. The summed E-state index contributed by atoms with van der Waals surface area (Å²) in [5, 5.41) is 4.35. The highest BCUT2D eigenvalue weighted by molar-refractivity contribution is 6.30. The minimum atomic E-state index is 0.166. The molecule has 0 aliphatic carbocycles. The summed E-state index contributed by atoms with van der Waals surface area (Å²) in [6.45, 7) is 0. The molecule has 1 N–H and O–H groups in total. The smallest absolute Gasteiger partial charge is 0.118 e. The monoisotopic (exact) mass is 337 g/mol. The Labute approximate surface area is 148 Å². The van der Waals surface area contributed by atoms with Gasteiger partial charge in [-0.25, -0.2) is 0 Å². The number of hydrogen-bond donors (Lipinski definition) is 1. The van der Waals surface area contributed by atoms with E-state index in [4.69, 9.17) is 16.3 Å². The lowest BCUT2D eigenvalue weighted by molar-refractivity contribution is 0.414. The van der Waals surface area contributed by atoms with Crippen molar-refractivity contribution in [1.29, 1.82) is 0 Å². The van der Waals surface area contributed by atoms with Gasteiger partial charge in [0.1, 0.15) is 5.75 Å². The molecule has 0 spiro atoms. The molecule has 0 radical (unpaired) electrons. The maximum Gasteiger partial charge on any atom is 0.118 e. The van der Waals surface area contributed by atoms with E-state index in [1.807, 2.05) is 42.5 Å². The average molecular weight is 338 g/mol. The summed E-state index contributed by atoms with van der Waals surface area (Å²) in [6, 6.07) is 26.7. The van der Waals surface area contributed by atoms with E-state index in [2.05, 4.69) is 41.7 Å². The standard InChI is InChI=1S/C21H20ClNO/c1-24-20-13-7-17(8-14-20)21(15-16-5-3-2-4-6-16)23-19-11-9-18(22)10-12-19/h2-14,21,23H,15H2,1H3. The zero-order chi connectivity index (χ0) is 16.8. The first-order chi connectivity index (χ1) is 11.7. The molecule has 24 heavy (non-hydrogen) atoms. The molecule has 0 aliphatic heterocycles.